The third-order valence-corrected chi connectivity index (χ3v) is 5.53. The Bertz CT molecular complexity index is 896. The van der Waals surface area contributed by atoms with E-state index >= 15 is 0 Å². The highest BCUT2D eigenvalue weighted by Crippen LogP contribution is 2.22. The molecule has 1 aliphatic carbocycles. The van der Waals surface area contributed by atoms with Gasteiger partial charge in [0.1, 0.15) is 5.82 Å². The standard InChI is InChI=1S/C18H19FN2O4S/c19-14-6-4-12(5-7-14)17(22)11-20-18(23)13-2-1-3-16(10-13)26(24,25)21-15-8-9-15/h1-7,10,15,17,21-22H,8-9,11H2,(H,20,23). The van der Waals surface area contributed by atoms with E-state index in [9.17, 15) is 22.7 Å². The third-order valence-electron chi connectivity index (χ3n) is 4.02. The lowest BCUT2D eigenvalue weighted by atomic mass is 10.1. The average molecular weight is 378 g/mol. The molecule has 1 fully saturated rings. The molecule has 3 rings (SSSR count). The van der Waals surface area contributed by atoms with Crippen LogP contribution in [0.4, 0.5) is 4.39 Å². The zero-order valence-electron chi connectivity index (χ0n) is 13.9. The summed E-state index contributed by atoms with van der Waals surface area (Å²) in [6.07, 6.45) is 0.643. The number of nitrogens with one attached hydrogen (secondary N) is 2. The highest BCUT2D eigenvalue weighted by Gasteiger charge is 2.28. The SMILES string of the molecule is O=C(NCC(O)c1ccc(F)cc1)c1cccc(S(=O)(=O)NC2CC2)c1. The number of hydrogen-bond donors (Lipinski definition) is 3. The van der Waals surface area contributed by atoms with Gasteiger partial charge < -0.3 is 10.4 Å². The van der Waals surface area contributed by atoms with Gasteiger partial charge in [-0.05, 0) is 48.7 Å². The Labute approximate surface area is 151 Å². The maximum Gasteiger partial charge on any atom is 0.251 e. The number of hydrogen-bond acceptors (Lipinski definition) is 4. The fourth-order valence-corrected chi connectivity index (χ4v) is 3.74. The summed E-state index contributed by atoms with van der Waals surface area (Å²) in [4.78, 5) is 12.3. The van der Waals surface area contributed by atoms with E-state index in [-0.39, 0.29) is 23.0 Å². The van der Waals surface area contributed by atoms with E-state index in [0.29, 0.717) is 5.56 Å². The number of halogens is 1. The van der Waals surface area contributed by atoms with Crippen LogP contribution in [0.3, 0.4) is 0 Å². The molecule has 8 heteroatoms. The molecule has 0 spiro atoms. The van der Waals surface area contributed by atoms with E-state index in [1.807, 2.05) is 0 Å². The van der Waals surface area contributed by atoms with Crippen LogP contribution in [0.25, 0.3) is 0 Å². The molecule has 0 bridgehead atoms. The second-order valence-corrected chi connectivity index (χ2v) is 7.91. The van der Waals surface area contributed by atoms with Crippen molar-refractivity contribution in [2.45, 2.75) is 29.9 Å². The van der Waals surface area contributed by atoms with Crippen molar-refractivity contribution in [1.82, 2.24) is 10.0 Å². The number of amides is 1. The van der Waals surface area contributed by atoms with Crippen LogP contribution in [0.1, 0.15) is 34.9 Å². The van der Waals surface area contributed by atoms with Gasteiger partial charge in [0, 0.05) is 18.2 Å². The summed E-state index contributed by atoms with van der Waals surface area (Å²) in [6.45, 7) is -0.0816. The topological polar surface area (TPSA) is 95.5 Å². The first-order valence-electron chi connectivity index (χ1n) is 8.19. The number of benzene rings is 2. The fraction of sp³-hybridized carbons (Fsp3) is 0.278. The van der Waals surface area contributed by atoms with Crippen molar-refractivity contribution >= 4 is 15.9 Å². The number of carbonyl (C=O) groups is 1. The monoisotopic (exact) mass is 378 g/mol. The van der Waals surface area contributed by atoms with Crippen LogP contribution in [-0.4, -0.2) is 32.0 Å². The molecule has 0 radical (unpaired) electrons. The predicted molar refractivity (Wildman–Crippen MR) is 93.5 cm³/mol. The van der Waals surface area contributed by atoms with Crippen molar-refractivity contribution in [2.75, 3.05) is 6.54 Å². The number of rotatable bonds is 7. The molecule has 3 N–H and O–H groups in total. The van der Waals surface area contributed by atoms with Crippen LogP contribution in [-0.2, 0) is 10.0 Å². The van der Waals surface area contributed by atoms with Crippen molar-refractivity contribution in [2.24, 2.45) is 0 Å². The van der Waals surface area contributed by atoms with Gasteiger partial charge in [-0.15, -0.1) is 0 Å². The highest BCUT2D eigenvalue weighted by molar-refractivity contribution is 7.89. The summed E-state index contributed by atoms with van der Waals surface area (Å²) >= 11 is 0. The van der Waals surface area contributed by atoms with Crippen LogP contribution in [0.2, 0.25) is 0 Å². The Morgan fingerprint density at radius 3 is 2.54 bits per heavy atom. The molecule has 1 aliphatic rings. The van der Waals surface area contributed by atoms with E-state index in [0.717, 1.165) is 12.8 Å². The maximum absolute atomic E-state index is 12.9. The lowest BCUT2D eigenvalue weighted by Gasteiger charge is -2.13. The van der Waals surface area contributed by atoms with Crippen molar-refractivity contribution in [1.29, 1.82) is 0 Å². The Morgan fingerprint density at radius 2 is 1.88 bits per heavy atom. The first kappa shape index (κ1) is 18.5. The number of aliphatic hydroxyl groups is 1. The van der Waals surface area contributed by atoms with E-state index < -0.39 is 27.9 Å². The molecule has 138 valence electrons. The molecule has 0 heterocycles. The first-order chi connectivity index (χ1) is 12.3. The minimum Gasteiger partial charge on any atom is -0.387 e. The summed E-state index contributed by atoms with van der Waals surface area (Å²) in [5.41, 5.74) is 0.645. The van der Waals surface area contributed by atoms with Gasteiger partial charge in [-0.3, -0.25) is 4.79 Å². The lowest BCUT2D eigenvalue weighted by Crippen LogP contribution is -2.29. The number of carbonyl (C=O) groups excluding carboxylic acids is 1. The van der Waals surface area contributed by atoms with Gasteiger partial charge in [0.2, 0.25) is 10.0 Å². The quantitative estimate of drug-likeness (QED) is 0.684. The van der Waals surface area contributed by atoms with Crippen LogP contribution in [0.5, 0.6) is 0 Å². The maximum atomic E-state index is 12.9. The molecule has 1 amide bonds. The lowest BCUT2D eigenvalue weighted by molar-refractivity contribution is 0.0916. The third kappa shape index (κ3) is 4.66. The van der Waals surface area contributed by atoms with E-state index in [2.05, 4.69) is 10.0 Å². The van der Waals surface area contributed by atoms with E-state index in [1.54, 1.807) is 0 Å². The highest BCUT2D eigenvalue weighted by atomic mass is 32.2. The number of aliphatic hydroxyl groups excluding tert-OH is 1. The van der Waals surface area contributed by atoms with Gasteiger partial charge in [0.05, 0.1) is 11.0 Å². The van der Waals surface area contributed by atoms with Gasteiger partial charge in [-0.25, -0.2) is 17.5 Å². The molecule has 0 saturated heterocycles. The second kappa shape index (κ2) is 7.53. The summed E-state index contributed by atoms with van der Waals surface area (Å²) in [5, 5.41) is 12.6. The van der Waals surface area contributed by atoms with Crippen LogP contribution in [0.15, 0.2) is 53.4 Å². The van der Waals surface area contributed by atoms with Crippen molar-refractivity contribution < 1.29 is 22.7 Å². The average Bonchev–Trinajstić information content (AvgIpc) is 3.43. The minimum absolute atomic E-state index is 0.0242. The molecule has 1 atom stereocenters. The minimum atomic E-state index is -3.65. The van der Waals surface area contributed by atoms with Gasteiger partial charge in [0.25, 0.3) is 5.91 Å². The van der Waals surface area contributed by atoms with E-state index in [4.69, 9.17) is 0 Å². The summed E-state index contributed by atoms with van der Waals surface area (Å²) in [6, 6.07) is 11.0. The Kier molecular flexibility index (Phi) is 5.36. The van der Waals surface area contributed by atoms with Gasteiger partial charge >= 0.3 is 0 Å². The van der Waals surface area contributed by atoms with Crippen molar-refractivity contribution in [3.63, 3.8) is 0 Å². The molecule has 26 heavy (non-hydrogen) atoms. The first-order valence-corrected chi connectivity index (χ1v) is 9.67. The Hall–Kier alpha value is -2.29. The molecular weight excluding hydrogens is 359 g/mol. The van der Waals surface area contributed by atoms with Crippen LogP contribution in [0, 0.1) is 5.82 Å². The van der Waals surface area contributed by atoms with Gasteiger partial charge in [-0.2, -0.15) is 0 Å². The van der Waals surface area contributed by atoms with Crippen molar-refractivity contribution in [3.05, 3.63) is 65.5 Å². The predicted octanol–water partition coefficient (Wildman–Crippen LogP) is 1.73. The molecule has 2 aromatic carbocycles. The van der Waals surface area contributed by atoms with Crippen LogP contribution < -0.4 is 10.0 Å². The molecule has 2 aromatic rings. The molecule has 0 aromatic heterocycles. The smallest absolute Gasteiger partial charge is 0.251 e. The van der Waals surface area contributed by atoms with Gasteiger partial charge in [0.15, 0.2) is 0 Å². The molecule has 6 nitrogen and oxygen atoms in total. The molecule has 1 unspecified atom stereocenters. The van der Waals surface area contributed by atoms with Gasteiger partial charge in [-0.1, -0.05) is 18.2 Å². The Balaban J connectivity index is 1.64. The summed E-state index contributed by atoms with van der Waals surface area (Å²) < 4.78 is 39.9. The number of sulfonamides is 1. The largest absolute Gasteiger partial charge is 0.387 e. The zero-order chi connectivity index (χ0) is 18.7. The Morgan fingerprint density at radius 1 is 1.19 bits per heavy atom. The summed E-state index contributed by atoms with van der Waals surface area (Å²) in [5.74, 6) is -0.919. The van der Waals surface area contributed by atoms with Crippen LogP contribution >= 0.6 is 0 Å². The second-order valence-electron chi connectivity index (χ2n) is 6.20. The molecule has 0 aliphatic heterocycles. The summed E-state index contributed by atoms with van der Waals surface area (Å²) in [7, 11) is -3.65. The molecular formula is C18H19FN2O4S. The fourth-order valence-electron chi connectivity index (χ4n) is 2.39. The normalized spacial score (nSPS) is 15.5. The molecule has 1 saturated carbocycles. The zero-order valence-corrected chi connectivity index (χ0v) is 14.7. The van der Waals surface area contributed by atoms with E-state index in [1.165, 1.54) is 48.5 Å². The van der Waals surface area contributed by atoms with Crippen molar-refractivity contribution in [3.8, 4) is 0 Å².